The molecule has 0 bridgehead atoms. The summed E-state index contributed by atoms with van der Waals surface area (Å²) in [7, 11) is 0. The zero-order chi connectivity index (χ0) is 23.1. The Balaban J connectivity index is 1.65. The minimum atomic E-state index is -0.494. The predicted octanol–water partition coefficient (Wildman–Crippen LogP) is 5.48. The Morgan fingerprint density at radius 3 is 2.72 bits per heavy atom. The molecule has 3 rings (SSSR count). The molecule has 2 heterocycles. The van der Waals surface area contributed by atoms with Crippen LogP contribution >= 0.6 is 22.9 Å². The molecular weight excluding hydrogens is 444 g/mol. The molecule has 32 heavy (non-hydrogen) atoms. The molecule has 0 unspecified atom stereocenters. The fourth-order valence-electron chi connectivity index (χ4n) is 4.18. The van der Waals surface area contributed by atoms with E-state index in [1.54, 1.807) is 6.20 Å². The van der Waals surface area contributed by atoms with Crippen LogP contribution < -0.4 is 16.0 Å². The van der Waals surface area contributed by atoms with Gasteiger partial charge in [0.05, 0.1) is 27.3 Å². The van der Waals surface area contributed by atoms with Gasteiger partial charge in [-0.2, -0.15) is 0 Å². The summed E-state index contributed by atoms with van der Waals surface area (Å²) in [4.78, 5) is 31.5. The van der Waals surface area contributed by atoms with Gasteiger partial charge in [0.25, 0.3) is 5.91 Å². The molecule has 0 saturated heterocycles. The van der Waals surface area contributed by atoms with E-state index >= 15 is 0 Å². The lowest BCUT2D eigenvalue weighted by Crippen LogP contribution is -2.47. The molecule has 1 saturated carbocycles. The SMILES string of the molecule is CCNC(=O)[C@H](CC1CCCCC1)NC(=O)c1ccc([C@H](C)Nc2cc(Cl)cnc2C)s1. The zero-order valence-electron chi connectivity index (χ0n) is 19.0. The van der Waals surface area contributed by atoms with Crippen LogP contribution in [0.5, 0.6) is 0 Å². The van der Waals surface area contributed by atoms with E-state index < -0.39 is 6.04 Å². The van der Waals surface area contributed by atoms with Crippen molar-refractivity contribution in [1.82, 2.24) is 15.6 Å². The van der Waals surface area contributed by atoms with Gasteiger partial charge in [-0.3, -0.25) is 14.6 Å². The molecule has 1 aliphatic rings. The largest absolute Gasteiger partial charge is 0.376 e. The number of hydrogen-bond acceptors (Lipinski definition) is 5. The summed E-state index contributed by atoms with van der Waals surface area (Å²) in [6, 6.07) is 5.12. The van der Waals surface area contributed by atoms with Crippen LogP contribution in [0, 0.1) is 12.8 Å². The van der Waals surface area contributed by atoms with Crippen molar-refractivity contribution in [3.63, 3.8) is 0 Å². The Hall–Kier alpha value is -2.12. The number of hydrogen-bond donors (Lipinski definition) is 3. The average Bonchev–Trinajstić information content (AvgIpc) is 3.27. The number of carbonyl (C=O) groups excluding carboxylic acids is 2. The van der Waals surface area contributed by atoms with Crippen molar-refractivity contribution in [2.45, 2.75) is 71.4 Å². The molecule has 0 aromatic carbocycles. The second-order valence-electron chi connectivity index (χ2n) is 8.51. The van der Waals surface area contributed by atoms with Crippen LogP contribution in [0.25, 0.3) is 0 Å². The lowest BCUT2D eigenvalue weighted by Gasteiger charge is -2.26. The fraction of sp³-hybridized carbons (Fsp3) is 0.542. The molecule has 1 fully saturated rings. The van der Waals surface area contributed by atoms with Crippen molar-refractivity contribution in [3.05, 3.63) is 44.9 Å². The Kier molecular flexibility index (Phi) is 8.93. The topological polar surface area (TPSA) is 83.1 Å². The third-order valence-corrected chi connectivity index (χ3v) is 7.44. The number of halogens is 1. The highest BCUT2D eigenvalue weighted by Crippen LogP contribution is 2.30. The summed E-state index contributed by atoms with van der Waals surface area (Å²) in [5.41, 5.74) is 1.73. The monoisotopic (exact) mass is 476 g/mol. The number of carbonyl (C=O) groups is 2. The summed E-state index contributed by atoms with van der Waals surface area (Å²) in [5.74, 6) is 0.206. The van der Waals surface area contributed by atoms with Crippen molar-refractivity contribution < 1.29 is 9.59 Å². The number of pyridine rings is 1. The summed E-state index contributed by atoms with van der Waals surface area (Å²) in [5, 5.41) is 9.86. The van der Waals surface area contributed by atoms with E-state index in [2.05, 4.69) is 20.9 Å². The standard InChI is InChI=1S/C24H33ClN4O2S/c1-4-26-23(30)20(12-17-8-6-5-7-9-17)29-24(31)22-11-10-21(32-22)16(3)28-19-13-18(25)14-27-15(19)2/h10-11,13-14,16-17,20,28H,4-9,12H2,1-3H3,(H,26,30)(H,29,31)/t16-,20-/m0/s1. The van der Waals surface area contributed by atoms with E-state index in [0.717, 1.165) is 29.1 Å². The van der Waals surface area contributed by atoms with E-state index in [1.165, 1.54) is 30.6 Å². The Morgan fingerprint density at radius 1 is 1.25 bits per heavy atom. The lowest BCUT2D eigenvalue weighted by atomic mass is 9.84. The molecular formula is C24H33ClN4O2S. The number of rotatable bonds is 9. The zero-order valence-corrected chi connectivity index (χ0v) is 20.6. The highest BCUT2D eigenvalue weighted by atomic mass is 35.5. The molecule has 6 nitrogen and oxygen atoms in total. The Labute approximate surface area is 199 Å². The van der Waals surface area contributed by atoms with Crippen molar-refractivity contribution in [1.29, 1.82) is 0 Å². The second kappa shape index (κ2) is 11.7. The molecule has 2 amide bonds. The van der Waals surface area contributed by atoms with E-state index in [9.17, 15) is 9.59 Å². The second-order valence-corrected chi connectivity index (χ2v) is 10.1. The first-order chi connectivity index (χ1) is 15.4. The van der Waals surface area contributed by atoms with Gasteiger partial charge in [0.1, 0.15) is 6.04 Å². The third kappa shape index (κ3) is 6.69. The van der Waals surface area contributed by atoms with Crippen molar-refractivity contribution in [2.24, 2.45) is 5.92 Å². The van der Waals surface area contributed by atoms with Crippen LogP contribution in [0.15, 0.2) is 24.4 Å². The Bertz CT molecular complexity index is 926. The first-order valence-electron chi connectivity index (χ1n) is 11.4. The molecule has 2 aromatic heterocycles. The van der Waals surface area contributed by atoms with Crippen molar-refractivity contribution in [3.8, 4) is 0 Å². The minimum Gasteiger partial charge on any atom is -0.376 e. The van der Waals surface area contributed by atoms with Crippen LogP contribution in [-0.4, -0.2) is 29.4 Å². The normalized spacial score (nSPS) is 16.2. The fourth-order valence-corrected chi connectivity index (χ4v) is 5.25. The molecule has 174 valence electrons. The van der Waals surface area contributed by atoms with Crippen LogP contribution in [0.1, 0.15) is 78.7 Å². The first kappa shape index (κ1) is 24.5. The van der Waals surface area contributed by atoms with Gasteiger partial charge in [0.2, 0.25) is 5.91 Å². The van der Waals surface area contributed by atoms with E-state index in [-0.39, 0.29) is 17.9 Å². The van der Waals surface area contributed by atoms with Gasteiger partial charge in [0.15, 0.2) is 0 Å². The molecule has 0 radical (unpaired) electrons. The van der Waals surface area contributed by atoms with Gasteiger partial charge >= 0.3 is 0 Å². The van der Waals surface area contributed by atoms with Gasteiger partial charge in [-0.1, -0.05) is 43.7 Å². The van der Waals surface area contributed by atoms with Gasteiger partial charge in [-0.05, 0) is 51.3 Å². The maximum atomic E-state index is 13.0. The number of aryl methyl sites for hydroxylation is 1. The smallest absolute Gasteiger partial charge is 0.262 e. The lowest BCUT2D eigenvalue weighted by molar-refractivity contribution is -0.123. The van der Waals surface area contributed by atoms with Gasteiger partial charge in [-0.25, -0.2) is 0 Å². The average molecular weight is 477 g/mol. The maximum absolute atomic E-state index is 13.0. The third-order valence-electron chi connectivity index (χ3n) is 5.97. The predicted molar refractivity (Wildman–Crippen MR) is 131 cm³/mol. The summed E-state index contributed by atoms with van der Waals surface area (Å²) in [6.45, 7) is 6.41. The maximum Gasteiger partial charge on any atom is 0.262 e. The van der Waals surface area contributed by atoms with Gasteiger partial charge in [0, 0.05) is 17.6 Å². The molecule has 3 N–H and O–H groups in total. The van der Waals surface area contributed by atoms with E-state index in [0.29, 0.717) is 28.8 Å². The number of nitrogens with one attached hydrogen (secondary N) is 3. The van der Waals surface area contributed by atoms with Crippen LogP contribution in [0.4, 0.5) is 5.69 Å². The number of aromatic nitrogens is 1. The number of thiophene rings is 1. The molecule has 0 spiro atoms. The number of amides is 2. The molecule has 2 atom stereocenters. The van der Waals surface area contributed by atoms with Crippen LogP contribution in [0.2, 0.25) is 5.02 Å². The van der Waals surface area contributed by atoms with E-state index in [1.807, 2.05) is 39.0 Å². The van der Waals surface area contributed by atoms with Crippen molar-refractivity contribution in [2.75, 3.05) is 11.9 Å². The summed E-state index contributed by atoms with van der Waals surface area (Å²) >= 11 is 7.50. The quantitative estimate of drug-likeness (QED) is 0.447. The molecule has 2 aromatic rings. The van der Waals surface area contributed by atoms with Gasteiger partial charge < -0.3 is 16.0 Å². The first-order valence-corrected chi connectivity index (χ1v) is 12.6. The van der Waals surface area contributed by atoms with Crippen LogP contribution in [0.3, 0.4) is 0 Å². The number of likely N-dealkylation sites (N-methyl/N-ethyl adjacent to an activating group) is 1. The van der Waals surface area contributed by atoms with Crippen LogP contribution in [-0.2, 0) is 4.79 Å². The van der Waals surface area contributed by atoms with Gasteiger partial charge in [-0.15, -0.1) is 11.3 Å². The highest BCUT2D eigenvalue weighted by Gasteiger charge is 2.26. The van der Waals surface area contributed by atoms with E-state index in [4.69, 9.17) is 11.6 Å². The molecule has 1 aliphatic carbocycles. The number of anilines is 1. The highest BCUT2D eigenvalue weighted by molar-refractivity contribution is 7.14. The minimum absolute atomic E-state index is 0.0121. The number of nitrogens with zero attached hydrogens (tertiary/aromatic N) is 1. The Morgan fingerprint density at radius 2 is 2.00 bits per heavy atom. The molecule has 8 heteroatoms. The summed E-state index contributed by atoms with van der Waals surface area (Å²) in [6.07, 6.45) is 8.28. The summed E-state index contributed by atoms with van der Waals surface area (Å²) < 4.78 is 0. The molecule has 0 aliphatic heterocycles. The van der Waals surface area contributed by atoms with Crippen molar-refractivity contribution >= 4 is 40.4 Å².